The van der Waals surface area contributed by atoms with Gasteiger partial charge >= 0.3 is 0 Å². The van der Waals surface area contributed by atoms with Gasteiger partial charge in [-0.25, -0.2) is 8.78 Å². The van der Waals surface area contributed by atoms with Gasteiger partial charge in [-0.2, -0.15) is 0 Å². The highest BCUT2D eigenvalue weighted by molar-refractivity contribution is 5.98. The van der Waals surface area contributed by atoms with Gasteiger partial charge < -0.3 is 10.2 Å². The largest absolute Gasteiger partial charge is 0.359 e. The monoisotopic (exact) mass is 301 g/mol. The van der Waals surface area contributed by atoms with Gasteiger partial charge in [-0.3, -0.25) is 19.7 Å². The molecular weight excluding hydrogens is 288 g/mol. The first-order valence-electron chi connectivity index (χ1n) is 5.87. The number of amides is 2. The molecule has 0 unspecified atom stereocenters. The lowest BCUT2D eigenvalue weighted by molar-refractivity contribution is -0.385. The molecule has 114 valence electrons. The highest BCUT2D eigenvalue weighted by atomic mass is 19.2. The minimum atomic E-state index is -1.41. The molecule has 1 N–H and O–H groups in total. The third kappa shape index (κ3) is 3.94. The van der Waals surface area contributed by atoms with Crippen molar-refractivity contribution in [2.45, 2.75) is 6.42 Å². The van der Waals surface area contributed by atoms with Crippen molar-refractivity contribution in [3.8, 4) is 0 Å². The fourth-order valence-corrected chi connectivity index (χ4v) is 1.56. The number of nitrogens with zero attached hydrogens (tertiary/aromatic N) is 2. The number of benzene rings is 1. The van der Waals surface area contributed by atoms with Gasteiger partial charge in [-0.05, 0) is 6.07 Å². The molecule has 1 rings (SSSR count). The van der Waals surface area contributed by atoms with Crippen molar-refractivity contribution in [2.24, 2.45) is 0 Å². The van der Waals surface area contributed by atoms with Crippen molar-refractivity contribution in [3.63, 3.8) is 0 Å². The molecule has 0 saturated heterocycles. The Morgan fingerprint density at radius 1 is 1.33 bits per heavy atom. The number of hydrogen-bond acceptors (Lipinski definition) is 4. The summed E-state index contributed by atoms with van der Waals surface area (Å²) in [7, 11) is 2.72. The van der Waals surface area contributed by atoms with Crippen LogP contribution in [0.25, 0.3) is 0 Å². The van der Waals surface area contributed by atoms with Gasteiger partial charge in [0, 0.05) is 27.1 Å². The molecule has 0 aromatic heterocycles. The van der Waals surface area contributed by atoms with Gasteiger partial charge in [-0.1, -0.05) is 0 Å². The second kappa shape index (κ2) is 6.73. The highest BCUT2D eigenvalue weighted by Crippen LogP contribution is 2.23. The van der Waals surface area contributed by atoms with E-state index in [0.717, 1.165) is 4.90 Å². The Balaban J connectivity index is 3.03. The van der Waals surface area contributed by atoms with E-state index in [2.05, 4.69) is 5.32 Å². The normalized spacial score (nSPS) is 10.1. The number of halogens is 2. The summed E-state index contributed by atoms with van der Waals surface area (Å²) in [6, 6.07) is 0.835. The second-order valence-electron chi connectivity index (χ2n) is 4.19. The maximum atomic E-state index is 13.2. The number of carbonyl (C=O) groups excluding carboxylic acids is 2. The van der Waals surface area contributed by atoms with Gasteiger partial charge in [0.25, 0.3) is 11.6 Å². The van der Waals surface area contributed by atoms with E-state index in [9.17, 15) is 28.5 Å². The molecule has 0 heterocycles. The Hall–Kier alpha value is -2.58. The summed E-state index contributed by atoms with van der Waals surface area (Å²) in [5, 5.41) is 13.2. The van der Waals surface area contributed by atoms with E-state index in [0.29, 0.717) is 12.1 Å². The average molecular weight is 301 g/mol. The van der Waals surface area contributed by atoms with Crippen LogP contribution < -0.4 is 5.32 Å². The molecule has 7 nitrogen and oxygen atoms in total. The molecule has 0 saturated carbocycles. The predicted octanol–water partition coefficient (Wildman–Crippen LogP) is 1.08. The van der Waals surface area contributed by atoms with Crippen LogP contribution in [0.4, 0.5) is 14.5 Å². The number of carbonyl (C=O) groups is 2. The summed E-state index contributed by atoms with van der Waals surface area (Å²) in [6.45, 7) is -0.0192. The van der Waals surface area contributed by atoms with Crippen LogP contribution in [-0.4, -0.2) is 42.3 Å². The SMILES string of the molecule is CNC(=O)CCN(C)C(=O)c1cc(F)c(F)cc1[N+](=O)[O-]. The Kier molecular flexibility index (Phi) is 5.28. The lowest BCUT2D eigenvalue weighted by atomic mass is 10.1. The maximum Gasteiger partial charge on any atom is 0.285 e. The zero-order valence-corrected chi connectivity index (χ0v) is 11.4. The van der Waals surface area contributed by atoms with Crippen LogP contribution in [-0.2, 0) is 4.79 Å². The summed E-state index contributed by atoms with van der Waals surface area (Å²) < 4.78 is 26.2. The van der Waals surface area contributed by atoms with Crippen LogP contribution >= 0.6 is 0 Å². The summed E-state index contributed by atoms with van der Waals surface area (Å²) in [5.74, 6) is -3.96. The van der Waals surface area contributed by atoms with Crippen LogP contribution in [0.5, 0.6) is 0 Å². The molecule has 9 heteroatoms. The highest BCUT2D eigenvalue weighted by Gasteiger charge is 2.26. The Morgan fingerprint density at radius 3 is 2.43 bits per heavy atom. The Labute approximate surface area is 118 Å². The number of rotatable bonds is 5. The van der Waals surface area contributed by atoms with Crippen LogP contribution in [0, 0.1) is 21.7 Å². The molecule has 1 aromatic rings. The van der Waals surface area contributed by atoms with Gasteiger partial charge in [0.2, 0.25) is 5.91 Å². The number of nitro benzene ring substituents is 1. The van der Waals surface area contributed by atoms with Crippen molar-refractivity contribution >= 4 is 17.5 Å². The molecule has 0 aliphatic carbocycles. The number of nitro groups is 1. The van der Waals surface area contributed by atoms with Crippen molar-refractivity contribution in [3.05, 3.63) is 39.4 Å². The van der Waals surface area contributed by atoms with Crippen LogP contribution in [0.3, 0.4) is 0 Å². The standard InChI is InChI=1S/C12H13F2N3O4/c1-15-11(18)3-4-16(2)12(19)7-5-8(13)9(14)6-10(7)17(20)21/h5-6H,3-4H2,1-2H3,(H,15,18). The Morgan fingerprint density at radius 2 is 1.90 bits per heavy atom. The molecule has 0 aliphatic heterocycles. The summed E-state index contributed by atoms with van der Waals surface area (Å²) in [4.78, 5) is 34.0. The first kappa shape index (κ1) is 16.5. The first-order chi connectivity index (χ1) is 9.77. The number of nitrogens with one attached hydrogen (secondary N) is 1. The van der Waals surface area contributed by atoms with Gasteiger partial charge in [-0.15, -0.1) is 0 Å². The first-order valence-corrected chi connectivity index (χ1v) is 5.87. The molecule has 2 amide bonds. The minimum absolute atomic E-state index is 0.0176. The molecule has 0 aliphatic rings. The van der Waals surface area contributed by atoms with Crippen LogP contribution in [0.1, 0.15) is 16.8 Å². The zero-order chi connectivity index (χ0) is 16.2. The van der Waals surface area contributed by atoms with Gasteiger partial charge in [0.1, 0.15) is 5.56 Å². The topological polar surface area (TPSA) is 92.6 Å². The van der Waals surface area contributed by atoms with E-state index in [1.807, 2.05) is 0 Å². The molecule has 21 heavy (non-hydrogen) atoms. The summed E-state index contributed by atoms with van der Waals surface area (Å²) >= 11 is 0. The van der Waals surface area contributed by atoms with Crippen LogP contribution in [0.2, 0.25) is 0 Å². The quantitative estimate of drug-likeness (QED) is 0.650. The van der Waals surface area contributed by atoms with E-state index >= 15 is 0 Å². The lowest BCUT2D eigenvalue weighted by Gasteiger charge is -2.16. The number of hydrogen-bond donors (Lipinski definition) is 1. The molecule has 0 fully saturated rings. The summed E-state index contributed by atoms with van der Waals surface area (Å²) in [5.41, 5.74) is -1.40. The fraction of sp³-hybridized carbons (Fsp3) is 0.333. The third-order valence-corrected chi connectivity index (χ3v) is 2.77. The molecule has 0 radical (unpaired) electrons. The van der Waals surface area contributed by atoms with Crippen molar-refractivity contribution in [2.75, 3.05) is 20.6 Å². The molecule has 1 aromatic carbocycles. The fourth-order valence-electron chi connectivity index (χ4n) is 1.56. The van der Waals surface area contributed by atoms with Crippen molar-refractivity contribution in [1.29, 1.82) is 0 Å². The zero-order valence-electron chi connectivity index (χ0n) is 11.4. The molecule has 0 bridgehead atoms. The van der Waals surface area contributed by atoms with E-state index < -0.39 is 33.7 Å². The van der Waals surface area contributed by atoms with E-state index in [1.54, 1.807) is 0 Å². The van der Waals surface area contributed by atoms with E-state index in [4.69, 9.17) is 0 Å². The smallest absolute Gasteiger partial charge is 0.285 e. The predicted molar refractivity (Wildman–Crippen MR) is 68.7 cm³/mol. The lowest BCUT2D eigenvalue weighted by Crippen LogP contribution is -2.31. The second-order valence-corrected chi connectivity index (χ2v) is 4.19. The van der Waals surface area contributed by atoms with E-state index in [1.165, 1.54) is 14.1 Å². The molecule has 0 spiro atoms. The third-order valence-electron chi connectivity index (χ3n) is 2.77. The molecular formula is C12H13F2N3O4. The van der Waals surface area contributed by atoms with Crippen molar-refractivity contribution in [1.82, 2.24) is 10.2 Å². The average Bonchev–Trinajstić information content (AvgIpc) is 2.45. The summed E-state index contributed by atoms with van der Waals surface area (Å²) in [6.07, 6.45) is -0.0176. The van der Waals surface area contributed by atoms with Gasteiger partial charge in [0.05, 0.1) is 11.0 Å². The van der Waals surface area contributed by atoms with Crippen molar-refractivity contribution < 1.29 is 23.3 Å². The minimum Gasteiger partial charge on any atom is -0.359 e. The van der Waals surface area contributed by atoms with Gasteiger partial charge in [0.15, 0.2) is 11.6 Å². The van der Waals surface area contributed by atoms with E-state index in [-0.39, 0.29) is 18.9 Å². The van der Waals surface area contributed by atoms with Crippen LogP contribution in [0.15, 0.2) is 12.1 Å². The molecule has 0 atom stereocenters. The Bertz CT molecular complexity index is 592. The maximum absolute atomic E-state index is 13.2.